The van der Waals surface area contributed by atoms with E-state index in [4.69, 9.17) is 0 Å². The van der Waals surface area contributed by atoms with E-state index >= 15 is 0 Å². The average Bonchev–Trinajstić information content (AvgIpc) is 2.94. The van der Waals surface area contributed by atoms with Crippen LogP contribution in [0.15, 0.2) is 46.9 Å². The second-order valence-corrected chi connectivity index (χ2v) is 6.16. The summed E-state index contributed by atoms with van der Waals surface area (Å²) in [7, 11) is 0. The van der Waals surface area contributed by atoms with E-state index in [1.807, 2.05) is 49.4 Å². The molecule has 21 heavy (non-hydrogen) atoms. The Balaban J connectivity index is 1.76. The van der Waals surface area contributed by atoms with Gasteiger partial charge in [0.25, 0.3) is 5.91 Å². The highest BCUT2D eigenvalue weighted by atomic mass is 79.9. The van der Waals surface area contributed by atoms with Crippen LogP contribution in [0.2, 0.25) is 0 Å². The molecule has 3 rings (SSSR count). The third kappa shape index (κ3) is 3.01. The number of fused-ring (bicyclic) bond motifs is 1. The van der Waals surface area contributed by atoms with Crippen LogP contribution in [0.1, 0.15) is 40.0 Å². The van der Waals surface area contributed by atoms with Crippen molar-refractivity contribution in [2.45, 2.75) is 26.1 Å². The van der Waals surface area contributed by atoms with Crippen LogP contribution in [0.3, 0.4) is 0 Å². The number of halogens is 1. The van der Waals surface area contributed by atoms with Gasteiger partial charge < -0.3 is 10.6 Å². The number of hydrogen-bond donors (Lipinski definition) is 2. The molecule has 0 radical (unpaired) electrons. The molecular formula is C17H17BrN2O. The van der Waals surface area contributed by atoms with Crippen LogP contribution in [0, 0.1) is 0 Å². The van der Waals surface area contributed by atoms with Crippen molar-refractivity contribution in [3.63, 3.8) is 0 Å². The lowest BCUT2D eigenvalue weighted by atomic mass is 10.0. The predicted molar refractivity (Wildman–Crippen MR) is 87.0 cm³/mol. The first-order chi connectivity index (χ1) is 10.1. The fourth-order valence-electron chi connectivity index (χ4n) is 2.62. The Kier molecular flexibility index (Phi) is 4.08. The summed E-state index contributed by atoms with van der Waals surface area (Å²) in [6.45, 7) is 3.73. The highest BCUT2D eigenvalue weighted by Gasteiger charge is 2.16. The number of nitrogens with one attached hydrogen (secondary N) is 2. The Morgan fingerprint density at radius 3 is 2.76 bits per heavy atom. The Morgan fingerprint density at radius 2 is 1.95 bits per heavy atom. The molecule has 1 aliphatic heterocycles. The molecule has 0 saturated heterocycles. The molecule has 0 aliphatic carbocycles. The van der Waals surface area contributed by atoms with E-state index in [0.29, 0.717) is 0 Å². The molecule has 0 fully saturated rings. The lowest BCUT2D eigenvalue weighted by Gasteiger charge is -2.16. The number of amides is 1. The van der Waals surface area contributed by atoms with Gasteiger partial charge in [-0.05, 0) is 41.8 Å². The summed E-state index contributed by atoms with van der Waals surface area (Å²) in [5, 5.41) is 6.35. The second kappa shape index (κ2) is 6.00. The molecule has 2 aromatic carbocycles. The first-order valence-corrected chi connectivity index (χ1v) is 7.82. The van der Waals surface area contributed by atoms with Gasteiger partial charge in [-0.2, -0.15) is 0 Å². The molecule has 1 aliphatic rings. The lowest BCUT2D eigenvalue weighted by Crippen LogP contribution is -2.27. The summed E-state index contributed by atoms with van der Waals surface area (Å²) >= 11 is 3.52. The summed E-state index contributed by atoms with van der Waals surface area (Å²) in [6, 6.07) is 13.8. The van der Waals surface area contributed by atoms with Crippen LogP contribution in [-0.2, 0) is 13.1 Å². The third-order valence-electron chi connectivity index (χ3n) is 3.82. The molecule has 0 saturated carbocycles. The van der Waals surface area contributed by atoms with Crippen LogP contribution in [0.4, 0.5) is 0 Å². The Morgan fingerprint density at radius 1 is 1.19 bits per heavy atom. The zero-order valence-electron chi connectivity index (χ0n) is 11.8. The van der Waals surface area contributed by atoms with Crippen molar-refractivity contribution < 1.29 is 4.79 Å². The van der Waals surface area contributed by atoms with Gasteiger partial charge in [0.15, 0.2) is 0 Å². The van der Waals surface area contributed by atoms with Gasteiger partial charge in [0.05, 0.1) is 6.04 Å². The smallest absolute Gasteiger partial charge is 0.251 e. The molecule has 0 unspecified atom stereocenters. The van der Waals surface area contributed by atoms with Crippen molar-refractivity contribution in [1.29, 1.82) is 0 Å². The molecular weight excluding hydrogens is 328 g/mol. The molecule has 0 aromatic heterocycles. The normalized spacial score (nSPS) is 14.6. The van der Waals surface area contributed by atoms with E-state index in [9.17, 15) is 4.79 Å². The Bertz CT molecular complexity index is 684. The minimum absolute atomic E-state index is 0.0343. The standard InChI is InChI=1S/C17H17BrN2O/c1-11(15-4-2-3-5-16(15)18)20-17(21)12-6-7-13-9-19-10-14(13)8-12/h2-8,11,19H,9-10H2,1H3,(H,20,21)/t11-/m1/s1. The second-order valence-electron chi connectivity index (χ2n) is 5.30. The number of carbonyl (C=O) groups excluding carboxylic acids is 1. The van der Waals surface area contributed by atoms with E-state index in [2.05, 4.69) is 26.6 Å². The predicted octanol–water partition coefficient (Wildman–Crippen LogP) is 3.54. The molecule has 1 atom stereocenters. The van der Waals surface area contributed by atoms with Crippen molar-refractivity contribution in [1.82, 2.24) is 10.6 Å². The van der Waals surface area contributed by atoms with Gasteiger partial charge in [-0.25, -0.2) is 0 Å². The lowest BCUT2D eigenvalue weighted by molar-refractivity contribution is 0.0939. The summed E-state index contributed by atoms with van der Waals surface area (Å²) in [5.41, 5.74) is 4.30. The topological polar surface area (TPSA) is 41.1 Å². The van der Waals surface area contributed by atoms with Gasteiger partial charge in [-0.1, -0.05) is 40.2 Å². The van der Waals surface area contributed by atoms with Crippen LogP contribution in [-0.4, -0.2) is 5.91 Å². The van der Waals surface area contributed by atoms with E-state index < -0.39 is 0 Å². The fourth-order valence-corrected chi connectivity index (χ4v) is 3.25. The van der Waals surface area contributed by atoms with Crippen molar-refractivity contribution in [2.24, 2.45) is 0 Å². The molecule has 3 nitrogen and oxygen atoms in total. The van der Waals surface area contributed by atoms with Crippen LogP contribution >= 0.6 is 15.9 Å². The zero-order valence-corrected chi connectivity index (χ0v) is 13.4. The molecule has 4 heteroatoms. The minimum Gasteiger partial charge on any atom is -0.345 e. The summed E-state index contributed by atoms with van der Waals surface area (Å²) in [6.07, 6.45) is 0. The Labute approximate surface area is 132 Å². The van der Waals surface area contributed by atoms with Crippen LogP contribution in [0.25, 0.3) is 0 Å². The van der Waals surface area contributed by atoms with Crippen molar-refractivity contribution >= 4 is 21.8 Å². The van der Waals surface area contributed by atoms with Crippen molar-refractivity contribution in [2.75, 3.05) is 0 Å². The van der Waals surface area contributed by atoms with E-state index in [-0.39, 0.29) is 11.9 Å². The number of hydrogen-bond acceptors (Lipinski definition) is 2. The molecule has 0 bridgehead atoms. The van der Waals surface area contributed by atoms with Crippen LogP contribution in [0.5, 0.6) is 0 Å². The maximum atomic E-state index is 12.4. The molecule has 0 spiro atoms. The minimum atomic E-state index is -0.0422. The number of carbonyl (C=O) groups is 1. The van der Waals surface area contributed by atoms with Crippen LogP contribution < -0.4 is 10.6 Å². The van der Waals surface area contributed by atoms with Gasteiger partial charge in [0.2, 0.25) is 0 Å². The van der Waals surface area contributed by atoms with E-state index in [1.54, 1.807) is 0 Å². The monoisotopic (exact) mass is 344 g/mol. The molecule has 2 aromatic rings. The Hall–Kier alpha value is -1.65. The average molecular weight is 345 g/mol. The van der Waals surface area contributed by atoms with Crippen molar-refractivity contribution in [3.05, 3.63) is 69.2 Å². The molecule has 108 valence electrons. The third-order valence-corrected chi connectivity index (χ3v) is 4.54. The first-order valence-electron chi connectivity index (χ1n) is 7.03. The summed E-state index contributed by atoms with van der Waals surface area (Å²) in [5.74, 6) is -0.0343. The number of benzene rings is 2. The first kappa shape index (κ1) is 14.3. The molecule has 1 heterocycles. The zero-order chi connectivity index (χ0) is 14.8. The quantitative estimate of drug-likeness (QED) is 0.893. The van der Waals surface area contributed by atoms with E-state index in [0.717, 1.165) is 28.7 Å². The maximum absolute atomic E-state index is 12.4. The van der Waals surface area contributed by atoms with Crippen molar-refractivity contribution in [3.8, 4) is 0 Å². The highest BCUT2D eigenvalue weighted by Crippen LogP contribution is 2.23. The fraction of sp³-hybridized carbons (Fsp3) is 0.235. The van der Waals surface area contributed by atoms with E-state index in [1.165, 1.54) is 11.1 Å². The molecule has 1 amide bonds. The number of rotatable bonds is 3. The molecule has 2 N–H and O–H groups in total. The maximum Gasteiger partial charge on any atom is 0.251 e. The van der Waals surface area contributed by atoms with Gasteiger partial charge in [0, 0.05) is 23.1 Å². The summed E-state index contributed by atoms with van der Waals surface area (Å²) < 4.78 is 1.01. The van der Waals surface area contributed by atoms with Gasteiger partial charge in [-0.15, -0.1) is 0 Å². The van der Waals surface area contributed by atoms with Gasteiger partial charge in [-0.3, -0.25) is 4.79 Å². The van der Waals surface area contributed by atoms with Gasteiger partial charge >= 0.3 is 0 Å². The highest BCUT2D eigenvalue weighted by molar-refractivity contribution is 9.10. The summed E-state index contributed by atoms with van der Waals surface area (Å²) in [4.78, 5) is 12.4. The largest absolute Gasteiger partial charge is 0.345 e. The van der Waals surface area contributed by atoms with Gasteiger partial charge in [0.1, 0.15) is 0 Å². The SMILES string of the molecule is C[C@@H](NC(=O)c1ccc2c(c1)CNC2)c1ccccc1Br.